The maximum atomic E-state index is 10.5. The third-order valence-electron chi connectivity index (χ3n) is 2.67. The van der Waals surface area contributed by atoms with Crippen LogP contribution >= 0.6 is 0 Å². The first-order valence-corrected chi connectivity index (χ1v) is 5.14. The van der Waals surface area contributed by atoms with E-state index in [-0.39, 0.29) is 6.54 Å². The van der Waals surface area contributed by atoms with Gasteiger partial charge in [0.15, 0.2) is 0 Å². The lowest BCUT2D eigenvalue weighted by Crippen LogP contribution is -2.19. The minimum atomic E-state index is -1.03. The summed E-state index contributed by atoms with van der Waals surface area (Å²) in [5, 5.41) is 11.9. The quantitative estimate of drug-likeness (QED) is 0.772. The van der Waals surface area contributed by atoms with Crippen LogP contribution in [0, 0.1) is 12.3 Å². The largest absolute Gasteiger partial charge is 0.465 e. The fourth-order valence-electron chi connectivity index (χ4n) is 1.98. The highest BCUT2D eigenvalue weighted by Gasteiger charge is 2.09. The van der Waals surface area contributed by atoms with Gasteiger partial charge in [-0.15, -0.1) is 6.42 Å². The van der Waals surface area contributed by atoms with Crippen LogP contribution in [0.25, 0.3) is 10.9 Å². The van der Waals surface area contributed by atoms with Gasteiger partial charge in [0.25, 0.3) is 0 Å². The van der Waals surface area contributed by atoms with Gasteiger partial charge in [0, 0.05) is 30.7 Å². The average molecular weight is 228 g/mol. The zero-order chi connectivity index (χ0) is 12.4. The Balaban J connectivity index is 2.53. The number of nitrogens with one attached hydrogen (secondary N) is 1. The number of hydrogen-bond donors (Lipinski definition) is 2. The first-order valence-electron chi connectivity index (χ1n) is 5.14. The van der Waals surface area contributed by atoms with Crippen molar-refractivity contribution in [3.63, 3.8) is 0 Å². The van der Waals surface area contributed by atoms with Gasteiger partial charge in [0.05, 0.1) is 5.52 Å². The van der Waals surface area contributed by atoms with Crippen LogP contribution in [-0.4, -0.2) is 15.8 Å². The van der Waals surface area contributed by atoms with Crippen molar-refractivity contribution in [2.45, 2.75) is 6.54 Å². The molecule has 0 unspecified atom stereocenters. The molecule has 2 N–H and O–H groups in total. The van der Waals surface area contributed by atoms with E-state index in [1.54, 1.807) is 0 Å². The smallest absolute Gasteiger partial charge is 0.404 e. The zero-order valence-corrected chi connectivity index (χ0v) is 9.40. The number of aryl methyl sites for hydroxylation is 1. The molecule has 0 aliphatic heterocycles. The van der Waals surface area contributed by atoms with E-state index in [2.05, 4.69) is 11.2 Å². The van der Waals surface area contributed by atoms with Crippen molar-refractivity contribution < 1.29 is 9.90 Å². The second-order valence-corrected chi connectivity index (χ2v) is 3.77. The van der Waals surface area contributed by atoms with Gasteiger partial charge in [-0.1, -0.05) is 18.1 Å². The van der Waals surface area contributed by atoms with Gasteiger partial charge < -0.3 is 15.0 Å². The normalized spacial score (nSPS) is 10.1. The maximum Gasteiger partial charge on any atom is 0.404 e. The Morgan fingerprint density at radius 1 is 1.59 bits per heavy atom. The average Bonchev–Trinajstić information content (AvgIpc) is 2.64. The van der Waals surface area contributed by atoms with Gasteiger partial charge in [-0.25, -0.2) is 4.79 Å². The lowest BCUT2D eigenvalue weighted by atomic mass is 10.1. The van der Waals surface area contributed by atoms with E-state index in [1.165, 1.54) is 0 Å². The highest BCUT2D eigenvalue weighted by Crippen LogP contribution is 2.23. The lowest BCUT2D eigenvalue weighted by molar-refractivity contribution is 0.194. The van der Waals surface area contributed by atoms with Gasteiger partial charge in [-0.3, -0.25) is 0 Å². The van der Waals surface area contributed by atoms with Crippen molar-refractivity contribution in [1.82, 2.24) is 9.88 Å². The number of hydrogen-bond acceptors (Lipinski definition) is 1. The number of para-hydroxylation sites is 1. The highest BCUT2D eigenvalue weighted by molar-refractivity contribution is 5.89. The number of aromatic nitrogens is 1. The lowest BCUT2D eigenvalue weighted by Gasteiger charge is -2.00. The molecule has 4 nitrogen and oxygen atoms in total. The molecule has 0 saturated carbocycles. The molecule has 0 aliphatic carbocycles. The fourth-order valence-corrected chi connectivity index (χ4v) is 1.98. The summed E-state index contributed by atoms with van der Waals surface area (Å²) in [5.74, 6) is 2.63. The molecule has 0 bridgehead atoms. The molecule has 1 amide bonds. The first kappa shape index (κ1) is 11.1. The van der Waals surface area contributed by atoms with E-state index in [9.17, 15) is 4.79 Å². The van der Waals surface area contributed by atoms with Crippen LogP contribution in [-0.2, 0) is 13.6 Å². The van der Waals surface area contributed by atoms with E-state index >= 15 is 0 Å². The van der Waals surface area contributed by atoms with Crippen molar-refractivity contribution in [3.05, 3.63) is 35.5 Å². The Kier molecular flexibility index (Phi) is 2.75. The number of carbonyl (C=O) groups is 1. The highest BCUT2D eigenvalue weighted by atomic mass is 16.4. The summed E-state index contributed by atoms with van der Waals surface area (Å²) >= 11 is 0. The standard InChI is InChI=1S/C13H12N2O2/c1-3-9-5-4-6-11-10(7-14-13(16)17)8-15(2)12(9)11/h1,4-6,8,14H,7H2,2H3,(H,16,17). The van der Waals surface area contributed by atoms with Crippen LogP contribution in [0.1, 0.15) is 11.1 Å². The molecule has 17 heavy (non-hydrogen) atoms. The monoisotopic (exact) mass is 228 g/mol. The molecule has 0 spiro atoms. The molecular weight excluding hydrogens is 216 g/mol. The van der Waals surface area contributed by atoms with Gasteiger partial charge >= 0.3 is 6.09 Å². The number of benzene rings is 1. The van der Waals surface area contributed by atoms with Crippen molar-refractivity contribution >= 4 is 17.0 Å². The molecule has 86 valence electrons. The molecule has 4 heteroatoms. The molecular formula is C13H12N2O2. The van der Waals surface area contributed by atoms with Crippen LogP contribution < -0.4 is 5.32 Å². The predicted molar refractivity (Wildman–Crippen MR) is 65.7 cm³/mol. The Hall–Kier alpha value is -2.41. The third-order valence-corrected chi connectivity index (χ3v) is 2.67. The van der Waals surface area contributed by atoms with E-state index < -0.39 is 6.09 Å². The summed E-state index contributed by atoms with van der Waals surface area (Å²) in [4.78, 5) is 10.5. The van der Waals surface area contributed by atoms with Gasteiger partial charge in [0.2, 0.25) is 0 Å². The second-order valence-electron chi connectivity index (χ2n) is 3.77. The number of amides is 1. The van der Waals surface area contributed by atoms with E-state index in [0.29, 0.717) is 0 Å². The Morgan fingerprint density at radius 3 is 3.00 bits per heavy atom. The molecule has 0 aliphatic rings. The molecule has 0 fully saturated rings. The SMILES string of the molecule is C#Cc1cccc2c(CNC(=O)O)cn(C)c12. The molecule has 0 atom stereocenters. The number of nitrogens with zero attached hydrogens (tertiary/aromatic N) is 1. The van der Waals surface area contributed by atoms with Gasteiger partial charge in [-0.05, 0) is 11.6 Å². The molecule has 0 saturated heterocycles. The van der Waals surface area contributed by atoms with Gasteiger partial charge in [-0.2, -0.15) is 0 Å². The van der Waals surface area contributed by atoms with Crippen LogP contribution in [0.4, 0.5) is 4.79 Å². The number of rotatable bonds is 2. The van der Waals surface area contributed by atoms with Gasteiger partial charge in [0.1, 0.15) is 0 Å². The van der Waals surface area contributed by atoms with Crippen molar-refractivity contribution in [3.8, 4) is 12.3 Å². The molecule has 2 rings (SSSR count). The van der Waals surface area contributed by atoms with Crippen molar-refractivity contribution in [1.29, 1.82) is 0 Å². The maximum absolute atomic E-state index is 10.5. The van der Waals surface area contributed by atoms with Crippen LogP contribution in [0.5, 0.6) is 0 Å². The molecule has 1 aromatic carbocycles. The number of carboxylic acid groups (broad SMARTS) is 1. The van der Waals surface area contributed by atoms with Crippen LogP contribution in [0.3, 0.4) is 0 Å². The van der Waals surface area contributed by atoms with Crippen LogP contribution in [0.2, 0.25) is 0 Å². The summed E-state index contributed by atoms with van der Waals surface area (Å²) in [5.41, 5.74) is 2.69. The first-order chi connectivity index (χ1) is 8.13. The zero-order valence-electron chi connectivity index (χ0n) is 9.40. The summed E-state index contributed by atoms with van der Waals surface area (Å²) in [6.07, 6.45) is 6.30. The molecule has 1 heterocycles. The minimum Gasteiger partial charge on any atom is -0.465 e. The summed E-state index contributed by atoms with van der Waals surface area (Å²) in [7, 11) is 1.90. The second kappa shape index (κ2) is 4.22. The molecule has 2 aromatic rings. The van der Waals surface area contributed by atoms with E-state index in [0.717, 1.165) is 22.0 Å². The van der Waals surface area contributed by atoms with Crippen LogP contribution in [0.15, 0.2) is 24.4 Å². The third kappa shape index (κ3) is 1.95. The Bertz CT molecular complexity index is 620. The predicted octanol–water partition coefficient (Wildman–Crippen LogP) is 1.93. The molecule has 1 aromatic heterocycles. The summed E-state index contributed by atoms with van der Waals surface area (Å²) in [6.45, 7) is 0.278. The fraction of sp³-hybridized carbons (Fsp3) is 0.154. The number of fused-ring (bicyclic) bond motifs is 1. The summed E-state index contributed by atoms with van der Waals surface area (Å²) in [6, 6.07) is 5.69. The van der Waals surface area contributed by atoms with Crippen molar-refractivity contribution in [2.75, 3.05) is 0 Å². The summed E-state index contributed by atoms with van der Waals surface area (Å²) < 4.78 is 1.92. The Labute approximate surface area is 98.9 Å². The Morgan fingerprint density at radius 2 is 2.35 bits per heavy atom. The van der Waals surface area contributed by atoms with E-state index in [4.69, 9.17) is 11.5 Å². The molecule has 0 radical (unpaired) electrons. The minimum absolute atomic E-state index is 0.278. The number of terminal acetylenes is 1. The topological polar surface area (TPSA) is 54.3 Å². The van der Waals surface area contributed by atoms with E-state index in [1.807, 2.05) is 36.0 Å². The van der Waals surface area contributed by atoms with Crippen molar-refractivity contribution in [2.24, 2.45) is 7.05 Å².